The van der Waals surface area contributed by atoms with Crippen molar-refractivity contribution in [1.82, 2.24) is 0 Å². The molecule has 0 radical (unpaired) electrons. The maximum atomic E-state index is 13.9. The summed E-state index contributed by atoms with van der Waals surface area (Å²) >= 11 is 0. The number of carbonyl (C=O) groups is 1. The number of aliphatic hydroxyl groups excluding tert-OH is 3. The highest BCUT2D eigenvalue weighted by molar-refractivity contribution is 5.76. The molecule has 0 saturated carbocycles. The lowest BCUT2D eigenvalue weighted by molar-refractivity contribution is -0.274. The van der Waals surface area contributed by atoms with Gasteiger partial charge in [-0.25, -0.2) is 9.18 Å². The summed E-state index contributed by atoms with van der Waals surface area (Å²) in [5.74, 6) is -6.05. The maximum absolute atomic E-state index is 13.9. The van der Waals surface area contributed by atoms with Gasteiger partial charge in [0, 0.05) is 0 Å². The Balaban J connectivity index is 3.04. The number of alkyl halides is 2. The third kappa shape index (κ3) is 2.68. The van der Waals surface area contributed by atoms with Gasteiger partial charge in [-0.3, -0.25) is 0 Å². The number of hydrogen-bond donors (Lipinski definition) is 6. The van der Waals surface area contributed by atoms with Crippen molar-refractivity contribution >= 4 is 5.97 Å². The molecule has 19 heavy (non-hydrogen) atoms. The van der Waals surface area contributed by atoms with E-state index < -0.39 is 55.0 Å². The van der Waals surface area contributed by atoms with Crippen LogP contribution in [-0.4, -0.2) is 75.4 Å². The second-order valence-electron chi connectivity index (χ2n) is 4.33. The first-order chi connectivity index (χ1) is 8.66. The molecule has 1 aliphatic heterocycles. The zero-order valence-electron chi connectivity index (χ0n) is 9.69. The first-order valence-electron chi connectivity index (χ1n) is 5.39. The molecule has 0 amide bonds. The molecule has 0 bridgehead atoms. The topological polar surface area (TPSA) is 159 Å². The number of hydrogen-bond acceptors (Lipinski definition) is 7. The van der Waals surface area contributed by atoms with Crippen molar-refractivity contribution in [2.24, 2.45) is 11.5 Å². The van der Waals surface area contributed by atoms with Crippen LogP contribution in [0.15, 0.2) is 0 Å². The van der Waals surface area contributed by atoms with Crippen molar-refractivity contribution in [1.29, 1.82) is 0 Å². The Morgan fingerprint density at radius 1 is 1.37 bits per heavy atom. The quantitative estimate of drug-likeness (QED) is 0.316. The fourth-order valence-corrected chi connectivity index (χ4v) is 1.80. The summed E-state index contributed by atoms with van der Waals surface area (Å²) in [7, 11) is 0. The third-order valence-electron chi connectivity index (χ3n) is 3.03. The highest BCUT2D eigenvalue weighted by Crippen LogP contribution is 2.34. The molecule has 0 aliphatic carbocycles. The van der Waals surface area contributed by atoms with Crippen molar-refractivity contribution in [3.63, 3.8) is 0 Å². The van der Waals surface area contributed by atoms with E-state index in [1.807, 2.05) is 0 Å². The van der Waals surface area contributed by atoms with Crippen LogP contribution in [0, 0.1) is 0 Å². The molecule has 2 unspecified atom stereocenters. The van der Waals surface area contributed by atoms with Gasteiger partial charge in [-0.2, -0.15) is 4.39 Å². The highest BCUT2D eigenvalue weighted by atomic mass is 19.2. The van der Waals surface area contributed by atoms with Crippen LogP contribution in [0.2, 0.25) is 0 Å². The average molecular weight is 286 g/mol. The standard InChI is InChI=1S/C9H16F2N2O6/c10-7-4(13)3(12)6(5(16)2(15)1-14)19-9(7,11)8(17)18/h2-7,14-16H,1,12-13H2,(H,17,18)/t2-,3?,4+,5-,6?,7+,9-/m1/s1. The number of halogens is 2. The summed E-state index contributed by atoms with van der Waals surface area (Å²) in [6.45, 7) is -0.908. The summed E-state index contributed by atoms with van der Waals surface area (Å²) in [6.07, 6.45) is -8.22. The van der Waals surface area contributed by atoms with Gasteiger partial charge >= 0.3 is 11.8 Å². The molecule has 1 rings (SSSR count). The lowest BCUT2D eigenvalue weighted by Crippen LogP contribution is -2.72. The third-order valence-corrected chi connectivity index (χ3v) is 3.03. The molecule has 1 fully saturated rings. The first-order valence-corrected chi connectivity index (χ1v) is 5.39. The average Bonchev–Trinajstić information content (AvgIpc) is 2.38. The van der Waals surface area contributed by atoms with E-state index in [4.69, 9.17) is 21.7 Å². The number of aliphatic hydroxyl groups is 3. The smallest absolute Gasteiger partial charge is 0.372 e. The highest BCUT2D eigenvalue weighted by Gasteiger charge is 2.61. The van der Waals surface area contributed by atoms with E-state index in [0.29, 0.717) is 0 Å². The summed E-state index contributed by atoms with van der Waals surface area (Å²) in [5, 5.41) is 36.1. The molecule has 0 aromatic carbocycles. The van der Waals surface area contributed by atoms with Crippen LogP contribution in [0.3, 0.4) is 0 Å². The number of carboxylic acid groups (broad SMARTS) is 1. The van der Waals surface area contributed by atoms with E-state index >= 15 is 0 Å². The van der Waals surface area contributed by atoms with Gasteiger partial charge < -0.3 is 36.6 Å². The van der Waals surface area contributed by atoms with E-state index in [9.17, 15) is 23.8 Å². The van der Waals surface area contributed by atoms with Crippen LogP contribution in [0.1, 0.15) is 0 Å². The van der Waals surface area contributed by atoms with Crippen LogP contribution in [0.5, 0.6) is 0 Å². The van der Waals surface area contributed by atoms with Crippen LogP contribution in [0.4, 0.5) is 8.78 Å². The van der Waals surface area contributed by atoms with Crippen LogP contribution < -0.4 is 11.5 Å². The van der Waals surface area contributed by atoms with Gasteiger partial charge in [0.1, 0.15) is 18.3 Å². The predicted molar refractivity (Wildman–Crippen MR) is 56.3 cm³/mol. The van der Waals surface area contributed by atoms with Crippen molar-refractivity contribution < 1.29 is 38.7 Å². The molecule has 1 aliphatic rings. The lowest BCUT2D eigenvalue weighted by atomic mass is 9.87. The number of rotatable bonds is 4. The van der Waals surface area contributed by atoms with E-state index in [-0.39, 0.29) is 0 Å². The second-order valence-corrected chi connectivity index (χ2v) is 4.33. The van der Waals surface area contributed by atoms with Gasteiger partial charge in [-0.15, -0.1) is 0 Å². The number of aliphatic carboxylic acids is 1. The van der Waals surface area contributed by atoms with E-state index in [1.54, 1.807) is 0 Å². The monoisotopic (exact) mass is 286 g/mol. The molecule has 0 aromatic heterocycles. The van der Waals surface area contributed by atoms with Crippen LogP contribution >= 0.6 is 0 Å². The zero-order valence-corrected chi connectivity index (χ0v) is 9.69. The van der Waals surface area contributed by atoms with Gasteiger partial charge in [0.25, 0.3) is 0 Å². The van der Waals surface area contributed by atoms with E-state index in [0.717, 1.165) is 0 Å². The van der Waals surface area contributed by atoms with Crippen LogP contribution in [0.25, 0.3) is 0 Å². The van der Waals surface area contributed by atoms with E-state index in [1.165, 1.54) is 0 Å². The minimum Gasteiger partial charge on any atom is -0.477 e. The lowest BCUT2D eigenvalue weighted by Gasteiger charge is -2.44. The Morgan fingerprint density at radius 2 is 1.89 bits per heavy atom. The van der Waals surface area contributed by atoms with Crippen molar-refractivity contribution in [2.45, 2.75) is 42.4 Å². The largest absolute Gasteiger partial charge is 0.477 e. The van der Waals surface area contributed by atoms with Crippen molar-refractivity contribution in [3.8, 4) is 0 Å². The van der Waals surface area contributed by atoms with Crippen molar-refractivity contribution in [3.05, 3.63) is 0 Å². The zero-order chi connectivity index (χ0) is 15.0. The van der Waals surface area contributed by atoms with Gasteiger partial charge in [0.2, 0.25) is 0 Å². The van der Waals surface area contributed by atoms with E-state index in [2.05, 4.69) is 4.74 Å². The maximum Gasteiger partial charge on any atom is 0.372 e. The predicted octanol–water partition coefficient (Wildman–Crippen LogP) is -3.16. The molecule has 1 heterocycles. The fraction of sp³-hybridized carbons (Fsp3) is 0.889. The first kappa shape index (κ1) is 16.1. The Labute approximate surface area is 106 Å². The molecule has 0 aromatic rings. The van der Waals surface area contributed by atoms with Gasteiger partial charge in [-0.1, -0.05) is 0 Å². The molecule has 0 spiro atoms. The Morgan fingerprint density at radius 3 is 2.32 bits per heavy atom. The summed E-state index contributed by atoms with van der Waals surface area (Å²) in [4.78, 5) is 10.7. The number of ether oxygens (including phenoxy) is 1. The molecular formula is C9H16F2N2O6. The van der Waals surface area contributed by atoms with Gasteiger partial charge in [0.15, 0.2) is 6.17 Å². The fourth-order valence-electron chi connectivity index (χ4n) is 1.80. The minimum atomic E-state index is -3.78. The molecule has 1 saturated heterocycles. The molecular weight excluding hydrogens is 270 g/mol. The molecule has 10 heteroatoms. The molecule has 8 nitrogen and oxygen atoms in total. The summed E-state index contributed by atoms with van der Waals surface area (Å²) in [6, 6.07) is -3.23. The normalized spacial score (nSPS) is 42.7. The minimum absolute atomic E-state index is 0.908. The Kier molecular flexibility index (Phi) is 4.76. The summed E-state index contributed by atoms with van der Waals surface area (Å²) < 4.78 is 31.8. The molecule has 112 valence electrons. The molecule has 8 N–H and O–H groups in total. The number of nitrogens with two attached hydrogens (primary N) is 2. The number of carboxylic acids is 1. The van der Waals surface area contributed by atoms with Gasteiger partial charge in [0.05, 0.1) is 18.7 Å². The Hall–Kier alpha value is -0.910. The van der Waals surface area contributed by atoms with Crippen LogP contribution in [-0.2, 0) is 9.53 Å². The SMILES string of the molecule is NC1C([C@H](O)[C@H](O)CO)O[C@@](F)(C(=O)O)[C@@H](F)[C@H]1N. The second kappa shape index (κ2) is 5.61. The molecule has 7 atom stereocenters. The van der Waals surface area contributed by atoms with Crippen molar-refractivity contribution in [2.75, 3.05) is 6.61 Å². The van der Waals surface area contributed by atoms with Gasteiger partial charge in [-0.05, 0) is 0 Å². The Bertz CT molecular complexity index is 345. The summed E-state index contributed by atoms with van der Waals surface area (Å²) in [5.41, 5.74) is 10.7.